The predicted octanol–water partition coefficient (Wildman–Crippen LogP) is 2.42. The van der Waals surface area contributed by atoms with Crippen molar-refractivity contribution in [2.24, 2.45) is 0 Å². The van der Waals surface area contributed by atoms with E-state index in [-0.39, 0.29) is 11.4 Å². The molecule has 0 unspecified atom stereocenters. The minimum Gasteiger partial charge on any atom is -0.357 e. The van der Waals surface area contributed by atoms with E-state index in [1.807, 2.05) is 0 Å². The molecule has 23 heavy (non-hydrogen) atoms. The van der Waals surface area contributed by atoms with Crippen molar-refractivity contribution in [3.8, 4) is 0 Å². The first-order valence-electron chi connectivity index (χ1n) is 6.84. The molecule has 2 N–H and O–H groups in total. The van der Waals surface area contributed by atoms with Gasteiger partial charge in [0.05, 0.1) is 5.54 Å². The zero-order chi connectivity index (χ0) is 17.2. The molecule has 2 aromatic rings. The van der Waals surface area contributed by atoms with Crippen LogP contribution in [0.25, 0.3) is 0 Å². The third-order valence-electron chi connectivity index (χ3n) is 3.12. The third-order valence-corrected chi connectivity index (χ3v) is 3.12. The monoisotopic (exact) mass is 325 g/mol. The fraction of sp³-hybridized carbons (Fsp3) is 0.429. The Morgan fingerprint density at radius 1 is 1.30 bits per heavy atom. The maximum atomic E-state index is 12.6. The van der Waals surface area contributed by atoms with E-state index in [0.29, 0.717) is 11.6 Å². The quantitative estimate of drug-likeness (QED) is 0.877. The first-order valence-corrected chi connectivity index (χ1v) is 6.84. The number of carbonyl (C=O) groups excluding carboxylic acids is 1. The Balaban J connectivity index is 2.22. The Labute approximate surface area is 131 Å². The van der Waals surface area contributed by atoms with Gasteiger partial charge in [-0.15, -0.1) is 0 Å². The van der Waals surface area contributed by atoms with Gasteiger partial charge in [0.2, 0.25) is 11.7 Å². The van der Waals surface area contributed by atoms with Crippen LogP contribution < -0.4 is 10.6 Å². The minimum atomic E-state index is -2.76. The highest BCUT2D eigenvalue weighted by Crippen LogP contribution is 2.25. The lowest BCUT2D eigenvalue weighted by molar-refractivity contribution is 0.0901. The average Bonchev–Trinajstić information content (AvgIpc) is 2.97. The maximum Gasteiger partial charge on any atom is 0.298 e. The Kier molecular flexibility index (Phi) is 4.57. The summed E-state index contributed by atoms with van der Waals surface area (Å²) in [5.74, 6) is -0.703. The molecule has 0 bridgehead atoms. The number of halogens is 2. The van der Waals surface area contributed by atoms with Crippen LogP contribution in [-0.4, -0.2) is 28.1 Å². The molecule has 0 aromatic carbocycles. The molecule has 0 aliphatic rings. The van der Waals surface area contributed by atoms with E-state index in [1.54, 1.807) is 27.8 Å². The van der Waals surface area contributed by atoms with Crippen LogP contribution in [0.5, 0.6) is 0 Å². The number of aromatic nitrogens is 3. The van der Waals surface area contributed by atoms with Crippen molar-refractivity contribution in [3.63, 3.8) is 0 Å². The van der Waals surface area contributed by atoms with Gasteiger partial charge in [0.25, 0.3) is 12.3 Å². The van der Waals surface area contributed by atoms with Crippen molar-refractivity contribution < 1.29 is 18.1 Å². The number of hydrogen-bond donors (Lipinski definition) is 2. The van der Waals surface area contributed by atoms with Crippen LogP contribution in [0.3, 0.4) is 0 Å². The van der Waals surface area contributed by atoms with Gasteiger partial charge in [-0.1, -0.05) is 5.16 Å². The summed E-state index contributed by atoms with van der Waals surface area (Å²) in [7, 11) is 1.64. The highest BCUT2D eigenvalue weighted by atomic mass is 19.3. The molecule has 0 radical (unpaired) electrons. The zero-order valence-corrected chi connectivity index (χ0v) is 13.1. The molecule has 0 saturated carbocycles. The third kappa shape index (κ3) is 3.79. The van der Waals surface area contributed by atoms with E-state index in [9.17, 15) is 13.6 Å². The molecule has 0 spiro atoms. The largest absolute Gasteiger partial charge is 0.357 e. The van der Waals surface area contributed by atoms with E-state index >= 15 is 0 Å². The van der Waals surface area contributed by atoms with Crippen molar-refractivity contribution >= 4 is 11.9 Å². The molecule has 0 aliphatic carbocycles. The van der Waals surface area contributed by atoms with Gasteiger partial charge in [-0.3, -0.25) is 4.79 Å². The summed E-state index contributed by atoms with van der Waals surface area (Å²) in [5.41, 5.74) is -0.0335. The highest BCUT2D eigenvalue weighted by Gasteiger charge is 2.29. The van der Waals surface area contributed by atoms with Gasteiger partial charge in [-0.05, 0) is 26.8 Å². The van der Waals surface area contributed by atoms with Crippen LogP contribution in [0.15, 0.2) is 16.7 Å². The topological polar surface area (TPSA) is 92.9 Å². The van der Waals surface area contributed by atoms with Gasteiger partial charge in [0.15, 0.2) is 0 Å². The molecule has 0 saturated heterocycles. The molecule has 124 valence electrons. The van der Waals surface area contributed by atoms with Crippen LogP contribution in [-0.2, 0) is 5.54 Å². The number of aryl methyl sites for hydroxylation is 1. The Bertz CT molecular complexity index is 715. The van der Waals surface area contributed by atoms with Crippen LogP contribution in [0.4, 0.5) is 14.7 Å². The number of anilines is 1. The molecule has 2 rings (SSSR count). The average molecular weight is 325 g/mol. The number of hydrogen-bond acceptors (Lipinski definition) is 6. The normalized spacial score (nSPS) is 11.6. The number of nitrogens with one attached hydrogen (secondary N) is 2. The van der Waals surface area contributed by atoms with Gasteiger partial charge in [-0.25, -0.2) is 18.7 Å². The summed E-state index contributed by atoms with van der Waals surface area (Å²) in [4.78, 5) is 20.5. The van der Waals surface area contributed by atoms with Crippen molar-refractivity contribution in [2.75, 3.05) is 12.4 Å². The van der Waals surface area contributed by atoms with Gasteiger partial charge in [-0.2, -0.15) is 0 Å². The lowest BCUT2D eigenvalue weighted by Gasteiger charge is -2.23. The van der Waals surface area contributed by atoms with Crippen molar-refractivity contribution in [1.82, 2.24) is 20.4 Å². The van der Waals surface area contributed by atoms with Crippen LogP contribution >= 0.6 is 0 Å². The van der Waals surface area contributed by atoms with Crippen LogP contribution in [0, 0.1) is 6.92 Å². The van der Waals surface area contributed by atoms with Crippen molar-refractivity contribution in [1.29, 1.82) is 0 Å². The first-order chi connectivity index (χ1) is 10.7. The van der Waals surface area contributed by atoms with E-state index in [0.717, 1.165) is 6.07 Å². The lowest BCUT2D eigenvalue weighted by atomic mass is 10.00. The predicted molar refractivity (Wildman–Crippen MR) is 78.3 cm³/mol. The SMILES string of the molecule is CNc1nc(C)cc(C(=O)NC(C)(C)c2cc(C(F)F)on2)n1. The fourth-order valence-corrected chi connectivity index (χ4v) is 1.90. The summed E-state index contributed by atoms with van der Waals surface area (Å²) in [6.45, 7) is 4.99. The van der Waals surface area contributed by atoms with E-state index in [2.05, 4.69) is 30.3 Å². The molecule has 0 fully saturated rings. The second kappa shape index (κ2) is 6.27. The highest BCUT2D eigenvalue weighted by molar-refractivity contribution is 5.93. The standard InChI is InChI=1S/C14H17F2N5O2/c1-7-5-8(19-13(17-4)18-7)12(22)20-14(2,3)10-6-9(11(15)16)23-21-10/h5-6,11H,1-4H3,(H,20,22)(H,17,18,19). The summed E-state index contributed by atoms with van der Waals surface area (Å²) in [6.07, 6.45) is -2.76. The molecule has 2 aromatic heterocycles. The number of nitrogens with zero attached hydrogens (tertiary/aromatic N) is 3. The van der Waals surface area contributed by atoms with E-state index < -0.39 is 23.6 Å². The van der Waals surface area contributed by atoms with Crippen molar-refractivity contribution in [3.05, 3.63) is 35.0 Å². The number of alkyl halides is 2. The summed E-state index contributed by atoms with van der Waals surface area (Å²) < 4.78 is 29.7. The summed E-state index contributed by atoms with van der Waals surface area (Å²) >= 11 is 0. The molecular formula is C14H17F2N5O2. The zero-order valence-electron chi connectivity index (χ0n) is 13.1. The first kappa shape index (κ1) is 16.8. The fourth-order valence-electron chi connectivity index (χ4n) is 1.90. The van der Waals surface area contributed by atoms with Crippen LogP contribution in [0.1, 0.15) is 47.9 Å². The summed E-state index contributed by atoms with van der Waals surface area (Å²) in [6, 6.07) is 2.65. The summed E-state index contributed by atoms with van der Waals surface area (Å²) in [5, 5.41) is 9.05. The Morgan fingerprint density at radius 3 is 2.57 bits per heavy atom. The van der Waals surface area contributed by atoms with Gasteiger partial charge in [0.1, 0.15) is 11.4 Å². The molecule has 0 atom stereocenters. The van der Waals surface area contributed by atoms with Gasteiger partial charge < -0.3 is 15.2 Å². The van der Waals surface area contributed by atoms with Crippen LogP contribution in [0.2, 0.25) is 0 Å². The second-order valence-corrected chi connectivity index (χ2v) is 5.46. The van der Waals surface area contributed by atoms with E-state index in [1.165, 1.54) is 6.07 Å². The Morgan fingerprint density at radius 2 is 2.00 bits per heavy atom. The van der Waals surface area contributed by atoms with Gasteiger partial charge in [0, 0.05) is 18.8 Å². The molecule has 0 aliphatic heterocycles. The van der Waals surface area contributed by atoms with E-state index in [4.69, 9.17) is 0 Å². The lowest BCUT2D eigenvalue weighted by Crippen LogP contribution is -2.41. The second-order valence-electron chi connectivity index (χ2n) is 5.46. The molecular weight excluding hydrogens is 308 g/mol. The van der Waals surface area contributed by atoms with Gasteiger partial charge >= 0.3 is 0 Å². The molecule has 9 heteroatoms. The number of amides is 1. The smallest absolute Gasteiger partial charge is 0.298 e. The molecule has 1 amide bonds. The number of rotatable bonds is 5. The maximum absolute atomic E-state index is 12.6. The molecule has 2 heterocycles. The minimum absolute atomic E-state index is 0.160. The Hall–Kier alpha value is -2.58. The van der Waals surface area contributed by atoms with Crippen molar-refractivity contribution in [2.45, 2.75) is 32.7 Å². The molecule has 7 nitrogen and oxygen atoms in total. The number of carbonyl (C=O) groups is 1.